The van der Waals surface area contributed by atoms with E-state index in [1.165, 1.54) is 5.56 Å². The Bertz CT molecular complexity index is 432. The fourth-order valence-corrected chi connectivity index (χ4v) is 2.32. The second-order valence-electron chi connectivity index (χ2n) is 5.21. The van der Waals surface area contributed by atoms with Gasteiger partial charge in [-0.1, -0.05) is 25.5 Å². The van der Waals surface area contributed by atoms with Crippen molar-refractivity contribution in [2.24, 2.45) is 0 Å². The van der Waals surface area contributed by atoms with E-state index in [4.69, 9.17) is 14.6 Å². The summed E-state index contributed by atoms with van der Waals surface area (Å²) in [5.74, 6) is 0.485. The summed E-state index contributed by atoms with van der Waals surface area (Å²) in [5.41, 5.74) is 1.18. The van der Waals surface area contributed by atoms with Crippen molar-refractivity contribution < 1.29 is 29.9 Å². The van der Waals surface area contributed by atoms with Crippen molar-refractivity contribution in [1.29, 1.82) is 0 Å². The predicted molar refractivity (Wildman–Crippen MR) is 74.8 cm³/mol. The molecule has 0 aliphatic carbocycles. The van der Waals surface area contributed by atoms with Crippen molar-refractivity contribution in [3.05, 3.63) is 29.8 Å². The Kier molecular flexibility index (Phi) is 5.55. The zero-order valence-electron chi connectivity index (χ0n) is 11.9. The Morgan fingerprint density at radius 2 is 1.71 bits per heavy atom. The molecular weight excluding hydrogens is 276 g/mol. The largest absolute Gasteiger partial charge is 0.462 e. The quantitative estimate of drug-likeness (QED) is 0.602. The minimum absolute atomic E-state index is 0.472. The molecule has 0 bridgehead atoms. The van der Waals surface area contributed by atoms with Gasteiger partial charge in [0, 0.05) is 0 Å². The number of hydrogen-bond acceptors (Lipinski definition) is 6. The van der Waals surface area contributed by atoms with Crippen LogP contribution in [0.5, 0.6) is 5.75 Å². The van der Waals surface area contributed by atoms with Crippen LogP contribution in [0.2, 0.25) is 0 Å². The lowest BCUT2D eigenvalue weighted by molar-refractivity contribution is -0.277. The van der Waals surface area contributed by atoms with E-state index in [0.717, 1.165) is 12.8 Å². The number of aliphatic hydroxyl groups excluding tert-OH is 4. The highest BCUT2D eigenvalue weighted by Gasteiger charge is 2.44. The van der Waals surface area contributed by atoms with E-state index in [0.29, 0.717) is 5.75 Å². The van der Waals surface area contributed by atoms with Crippen LogP contribution in [-0.2, 0) is 11.2 Å². The van der Waals surface area contributed by atoms with Gasteiger partial charge in [0.25, 0.3) is 0 Å². The summed E-state index contributed by atoms with van der Waals surface area (Å²) in [6, 6.07) is 7.35. The molecule has 0 amide bonds. The van der Waals surface area contributed by atoms with Crippen LogP contribution >= 0.6 is 0 Å². The van der Waals surface area contributed by atoms with Crippen molar-refractivity contribution in [2.45, 2.75) is 50.5 Å². The van der Waals surface area contributed by atoms with Crippen molar-refractivity contribution in [3.8, 4) is 5.75 Å². The Hall–Kier alpha value is -1.18. The highest BCUT2D eigenvalue weighted by molar-refractivity contribution is 5.27. The number of aryl methyl sites for hydroxylation is 1. The molecule has 4 N–H and O–H groups in total. The molecule has 1 aliphatic heterocycles. The molecular formula is C15H22O6. The van der Waals surface area contributed by atoms with Gasteiger partial charge in [-0.3, -0.25) is 0 Å². The standard InChI is InChI=1S/C15H22O6/c1-2-3-9-4-6-10(7-5-9)20-15-14(19)13(18)12(17)11(8-16)21-15/h4-7,11-19H,2-3,8H2,1H3/t11-,12+,13+,14-,15+/m0/s1. The topological polar surface area (TPSA) is 99.4 Å². The Morgan fingerprint density at radius 3 is 2.29 bits per heavy atom. The zero-order valence-corrected chi connectivity index (χ0v) is 11.9. The molecule has 1 aliphatic rings. The van der Waals surface area contributed by atoms with E-state index in [1.54, 1.807) is 12.1 Å². The van der Waals surface area contributed by atoms with Crippen molar-refractivity contribution in [3.63, 3.8) is 0 Å². The van der Waals surface area contributed by atoms with Gasteiger partial charge in [0.15, 0.2) is 0 Å². The summed E-state index contributed by atoms with van der Waals surface area (Å²) >= 11 is 0. The molecule has 21 heavy (non-hydrogen) atoms. The monoisotopic (exact) mass is 298 g/mol. The van der Waals surface area contributed by atoms with Gasteiger partial charge >= 0.3 is 0 Å². The van der Waals surface area contributed by atoms with Gasteiger partial charge in [-0.05, 0) is 24.1 Å². The van der Waals surface area contributed by atoms with Gasteiger partial charge in [0.05, 0.1) is 6.61 Å². The maximum atomic E-state index is 9.88. The molecule has 0 saturated carbocycles. The fourth-order valence-electron chi connectivity index (χ4n) is 2.32. The molecule has 6 nitrogen and oxygen atoms in total. The normalized spacial score (nSPS) is 32.9. The van der Waals surface area contributed by atoms with Crippen LogP contribution in [0.4, 0.5) is 0 Å². The van der Waals surface area contributed by atoms with Gasteiger partial charge in [0.1, 0.15) is 30.2 Å². The Balaban J connectivity index is 2.03. The van der Waals surface area contributed by atoms with Gasteiger partial charge in [-0.15, -0.1) is 0 Å². The van der Waals surface area contributed by atoms with Crippen molar-refractivity contribution >= 4 is 0 Å². The highest BCUT2D eigenvalue weighted by Crippen LogP contribution is 2.24. The number of ether oxygens (including phenoxy) is 2. The molecule has 1 saturated heterocycles. The van der Waals surface area contributed by atoms with E-state index < -0.39 is 37.3 Å². The SMILES string of the molecule is CCCc1ccc(O[C@@H]2O[C@@H](CO)[C@@H](O)[C@@H](O)[C@@H]2O)cc1. The van der Waals surface area contributed by atoms with E-state index in [-0.39, 0.29) is 0 Å². The van der Waals surface area contributed by atoms with E-state index >= 15 is 0 Å². The van der Waals surface area contributed by atoms with Crippen LogP contribution < -0.4 is 4.74 Å². The number of benzene rings is 1. The summed E-state index contributed by atoms with van der Waals surface area (Å²) in [6.45, 7) is 1.62. The molecule has 1 aromatic rings. The van der Waals surface area contributed by atoms with Crippen LogP contribution in [0.3, 0.4) is 0 Å². The molecule has 0 spiro atoms. The summed E-state index contributed by atoms with van der Waals surface area (Å²) in [4.78, 5) is 0. The van der Waals surface area contributed by atoms with Crippen molar-refractivity contribution in [1.82, 2.24) is 0 Å². The van der Waals surface area contributed by atoms with Crippen LogP contribution in [0.25, 0.3) is 0 Å². The second-order valence-corrected chi connectivity index (χ2v) is 5.21. The molecule has 1 fully saturated rings. The first-order valence-corrected chi connectivity index (χ1v) is 7.13. The van der Waals surface area contributed by atoms with E-state index in [1.807, 2.05) is 12.1 Å². The average Bonchev–Trinajstić information content (AvgIpc) is 2.50. The average molecular weight is 298 g/mol. The van der Waals surface area contributed by atoms with Gasteiger partial charge in [0.2, 0.25) is 6.29 Å². The highest BCUT2D eigenvalue weighted by atomic mass is 16.7. The summed E-state index contributed by atoms with van der Waals surface area (Å²) in [7, 11) is 0. The molecule has 118 valence electrons. The van der Waals surface area contributed by atoms with E-state index in [2.05, 4.69) is 6.92 Å². The summed E-state index contributed by atoms with van der Waals surface area (Å²) in [5, 5.41) is 38.4. The molecule has 1 aromatic carbocycles. The Morgan fingerprint density at radius 1 is 1.05 bits per heavy atom. The molecule has 5 atom stereocenters. The third kappa shape index (κ3) is 3.72. The molecule has 1 heterocycles. The Labute approximate surface area is 123 Å². The molecule has 2 rings (SSSR count). The first kappa shape index (κ1) is 16.2. The predicted octanol–water partition coefficient (Wildman–Crippen LogP) is -0.182. The first-order chi connectivity index (χ1) is 10.1. The van der Waals surface area contributed by atoms with Crippen LogP contribution in [0.1, 0.15) is 18.9 Å². The maximum absolute atomic E-state index is 9.88. The third-order valence-electron chi connectivity index (χ3n) is 3.56. The minimum Gasteiger partial charge on any atom is -0.462 e. The lowest BCUT2D eigenvalue weighted by Crippen LogP contribution is -2.60. The smallest absolute Gasteiger partial charge is 0.229 e. The van der Waals surface area contributed by atoms with Gasteiger partial charge in [-0.25, -0.2) is 0 Å². The molecule has 0 aromatic heterocycles. The zero-order chi connectivity index (χ0) is 15.4. The first-order valence-electron chi connectivity index (χ1n) is 7.13. The van der Waals surface area contributed by atoms with Gasteiger partial charge < -0.3 is 29.9 Å². The van der Waals surface area contributed by atoms with Crippen LogP contribution in [0, 0.1) is 0 Å². The summed E-state index contributed by atoms with van der Waals surface area (Å²) in [6.07, 6.45) is -4.28. The number of hydrogen-bond donors (Lipinski definition) is 4. The number of aliphatic hydroxyl groups is 4. The molecule has 0 radical (unpaired) electrons. The number of rotatable bonds is 5. The molecule has 0 unspecified atom stereocenters. The lowest BCUT2D eigenvalue weighted by Gasteiger charge is -2.39. The lowest BCUT2D eigenvalue weighted by atomic mass is 9.99. The van der Waals surface area contributed by atoms with E-state index in [9.17, 15) is 15.3 Å². The maximum Gasteiger partial charge on any atom is 0.229 e. The van der Waals surface area contributed by atoms with Crippen LogP contribution in [-0.4, -0.2) is 57.7 Å². The fraction of sp³-hybridized carbons (Fsp3) is 0.600. The van der Waals surface area contributed by atoms with Crippen molar-refractivity contribution in [2.75, 3.05) is 6.61 Å². The van der Waals surface area contributed by atoms with Crippen LogP contribution in [0.15, 0.2) is 24.3 Å². The third-order valence-corrected chi connectivity index (χ3v) is 3.56. The summed E-state index contributed by atoms with van der Waals surface area (Å²) < 4.78 is 10.8. The second kappa shape index (κ2) is 7.20. The van der Waals surface area contributed by atoms with Gasteiger partial charge in [-0.2, -0.15) is 0 Å². The molecule has 6 heteroatoms. The minimum atomic E-state index is -1.43.